The molecule has 104 valence electrons. The number of hydrogen-bond acceptors (Lipinski definition) is 2. The summed E-state index contributed by atoms with van der Waals surface area (Å²) < 4.78 is 0. The van der Waals surface area contributed by atoms with E-state index in [1.54, 1.807) is 11.8 Å². The van der Waals surface area contributed by atoms with E-state index in [0.717, 1.165) is 16.8 Å². The highest BCUT2D eigenvalue weighted by molar-refractivity contribution is 5.79. The lowest BCUT2D eigenvalue weighted by Crippen LogP contribution is -2.47. The van der Waals surface area contributed by atoms with Gasteiger partial charge in [0.25, 0.3) is 0 Å². The first-order valence-corrected chi connectivity index (χ1v) is 6.52. The predicted octanol–water partition coefficient (Wildman–Crippen LogP) is 2.04. The molecule has 1 atom stereocenters. The Morgan fingerprint density at radius 2 is 2.05 bits per heavy atom. The average molecular weight is 270 g/mol. The maximum atomic E-state index is 12.2. The van der Waals surface area contributed by atoms with Crippen molar-refractivity contribution in [3.63, 3.8) is 0 Å². The van der Waals surface area contributed by atoms with Crippen molar-refractivity contribution in [1.82, 2.24) is 10.2 Å². The monoisotopic (exact) mass is 270 g/mol. The van der Waals surface area contributed by atoms with E-state index >= 15 is 0 Å². The number of carbonyl (C=O) groups excluding carboxylic acids is 1. The number of carbonyl (C=O) groups is 1. The first-order chi connectivity index (χ1) is 9.69. The van der Waals surface area contributed by atoms with Crippen LogP contribution < -0.4 is 5.32 Å². The van der Waals surface area contributed by atoms with Crippen LogP contribution in [0.15, 0.2) is 41.6 Å². The molecular weight excluding hydrogens is 252 g/mol. The molecule has 1 aliphatic heterocycles. The van der Waals surface area contributed by atoms with Gasteiger partial charge in [0, 0.05) is 11.3 Å². The van der Waals surface area contributed by atoms with Crippen molar-refractivity contribution in [3.8, 4) is 11.8 Å². The van der Waals surface area contributed by atoms with Crippen LogP contribution in [0.2, 0.25) is 0 Å². The second-order valence-corrected chi connectivity index (χ2v) is 4.57. The molecule has 0 spiro atoms. The molecule has 0 aliphatic carbocycles. The molecule has 0 fully saturated rings. The smallest absolute Gasteiger partial charge is 0.323 e. The van der Waals surface area contributed by atoms with E-state index in [9.17, 15) is 9.90 Å². The zero-order valence-electron chi connectivity index (χ0n) is 11.7. The Labute approximate surface area is 119 Å². The molecule has 20 heavy (non-hydrogen) atoms. The van der Waals surface area contributed by atoms with E-state index in [1.807, 2.05) is 37.3 Å². The molecule has 2 N–H and O–H groups in total. The Morgan fingerprint density at radius 1 is 1.35 bits per heavy atom. The lowest BCUT2D eigenvalue weighted by atomic mass is 9.95. The van der Waals surface area contributed by atoms with Gasteiger partial charge in [-0.1, -0.05) is 36.3 Å². The summed E-state index contributed by atoms with van der Waals surface area (Å²) >= 11 is 0. The lowest BCUT2D eigenvalue weighted by Gasteiger charge is -2.35. The van der Waals surface area contributed by atoms with E-state index in [0.29, 0.717) is 6.54 Å². The van der Waals surface area contributed by atoms with Gasteiger partial charge in [-0.25, -0.2) is 4.79 Å². The molecule has 1 aromatic carbocycles. The number of nitrogens with one attached hydrogen (secondary N) is 1. The number of aliphatic hydroxyl groups is 1. The summed E-state index contributed by atoms with van der Waals surface area (Å²) in [5.41, 5.74) is 2.53. The topological polar surface area (TPSA) is 52.6 Å². The molecule has 4 heteroatoms. The standard InChI is InChI=1S/C16H18N2O2/c1-3-4-10-18-12(2)14(11-19)15(17-16(18)20)13-8-6-5-7-9-13/h5-9,15,19H,10-11H2,1-2H3,(H,17,20). The number of urea groups is 1. The largest absolute Gasteiger partial charge is 0.392 e. The maximum absolute atomic E-state index is 12.2. The minimum atomic E-state index is -0.278. The summed E-state index contributed by atoms with van der Waals surface area (Å²) in [5.74, 6) is 5.65. The van der Waals surface area contributed by atoms with Crippen molar-refractivity contribution in [2.75, 3.05) is 13.2 Å². The molecule has 0 saturated carbocycles. The Balaban J connectivity index is 2.39. The molecule has 1 unspecified atom stereocenters. The highest BCUT2D eigenvalue weighted by Crippen LogP contribution is 2.29. The fraction of sp³-hybridized carbons (Fsp3) is 0.312. The number of nitrogens with zero attached hydrogens (tertiary/aromatic N) is 1. The number of allylic oxidation sites excluding steroid dienone is 1. The number of benzene rings is 1. The fourth-order valence-electron chi connectivity index (χ4n) is 2.31. The Hall–Kier alpha value is -2.25. The normalized spacial score (nSPS) is 18.4. The summed E-state index contributed by atoms with van der Waals surface area (Å²) in [6.45, 7) is 3.82. The molecule has 0 bridgehead atoms. The quantitative estimate of drug-likeness (QED) is 0.826. The van der Waals surface area contributed by atoms with Crippen LogP contribution in [0.25, 0.3) is 0 Å². The SMILES string of the molecule is CC#CCN1C(=O)NC(c2ccccc2)C(CO)=C1C. The van der Waals surface area contributed by atoms with Gasteiger partial charge in [0.15, 0.2) is 0 Å². The van der Waals surface area contributed by atoms with E-state index in [4.69, 9.17) is 0 Å². The van der Waals surface area contributed by atoms with Gasteiger partial charge >= 0.3 is 6.03 Å². The summed E-state index contributed by atoms with van der Waals surface area (Å²) in [6.07, 6.45) is 0. The van der Waals surface area contributed by atoms with Crippen molar-refractivity contribution in [2.45, 2.75) is 19.9 Å². The summed E-state index contributed by atoms with van der Waals surface area (Å²) in [6, 6.07) is 9.18. The van der Waals surface area contributed by atoms with Gasteiger partial charge in [0.1, 0.15) is 0 Å². The second-order valence-electron chi connectivity index (χ2n) is 4.57. The van der Waals surface area contributed by atoms with Crippen molar-refractivity contribution >= 4 is 6.03 Å². The van der Waals surface area contributed by atoms with Gasteiger partial charge in [-0.15, -0.1) is 5.92 Å². The van der Waals surface area contributed by atoms with Crippen LogP contribution in [0.1, 0.15) is 25.5 Å². The highest BCUT2D eigenvalue weighted by atomic mass is 16.3. The van der Waals surface area contributed by atoms with Crippen molar-refractivity contribution in [1.29, 1.82) is 0 Å². The van der Waals surface area contributed by atoms with Gasteiger partial charge in [-0.2, -0.15) is 0 Å². The number of hydrogen-bond donors (Lipinski definition) is 2. The zero-order chi connectivity index (χ0) is 14.5. The molecule has 2 amide bonds. The van der Waals surface area contributed by atoms with Gasteiger partial charge in [-0.3, -0.25) is 4.90 Å². The molecule has 0 aromatic heterocycles. The van der Waals surface area contributed by atoms with Crippen LogP contribution in [0, 0.1) is 11.8 Å². The van der Waals surface area contributed by atoms with Gasteiger partial charge < -0.3 is 10.4 Å². The highest BCUT2D eigenvalue weighted by Gasteiger charge is 2.30. The lowest BCUT2D eigenvalue weighted by molar-refractivity contribution is 0.202. The third-order valence-electron chi connectivity index (χ3n) is 3.45. The average Bonchev–Trinajstić information content (AvgIpc) is 2.47. The van der Waals surface area contributed by atoms with Crippen molar-refractivity contribution in [3.05, 3.63) is 47.2 Å². The van der Waals surface area contributed by atoms with Crippen LogP contribution in [0.5, 0.6) is 0 Å². The third kappa shape index (κ3) is 2.68. The van der Waals surface area contributed by atoms with Crippen LogP contribution >= 0.6 is 0 Å². The van der Waals surface area contributed by atoms with Crippen molar-refractivity contribution < 1.29 is 9.90 Å². The number of rotatable bonds is 3. The predicted molar refractivity (Wildman–Crippen MR) is 77.7 cm³/mol. The molecular formula is C16H18N2O2. The fourth-order valence-corrected chi connectivity index (χ4v) is 2.31. The summed E-state index contributed by atoms with van der Waals surface area (Å²) in [7, 11) is 0. The number of amides is 2. The second kappa shape index (κ2) is 6.27. The Kier molecular flexibility index (Phi) is 4.44. The van der Waals surface area contributed by atoms with E-state index < -0.39 is 0 Å². The van der Waals surface area contributed by atoms with Gasteiger partial charge in [-0.05, 0) is 19.4 Å². The third-order valence-corrected chi connectivity index (χ3v) is 3.45. The first kappa shape index (κ1) is 14.2. The Morgan fingerprint density at radius 3 is 2.65 bits per heavy atom. The molecule has 4 nitrogen and oxygen atoms in total. The maximum Gasteiger partial charge on any atom is 0.323 e. The molecule has 1 aliphatic rings. The van der Waals surface area contributed by atoms with Crippen LogP contribution in [0.3, 0.4) is 0 Å². The molecule has 1 heterocycles. The molecule has 0 saturated heterocycles. The molecule has 2 rings (SSSR count). The number of aliphatic hydroxyl groups excluding tert-OH is 1. The minimum absolute atomic E-state index is 0.0955. The van der Waals surface area contributed by atoms with Gasteiger partial charge in [0.2, 0.25) is 0 Å². The summed E-state index contributed by atoms with van der Waals surface area (Å²) in [4.78, 5) is 13.7. The zero-order valence-corrected chi connectivity index (χ0v) is 11.7. The van der Waals surface area contributed by atoms with Crippen LogP contribution in [0.4, 0.5) is 4.79 Å². The summed E-state index contributed by atoms with van der Waals surface area (Å²) in [5, 5.41) is 12.6. The van der Waals surface area contributed by atoms with Crippen LogP contribution in [-0.2, 0) is 0 Å². The van der Waals surface area contributed by atoms with E-state index in [2.05, 4.69) is 17.2 Å². The van der Waals surface area contributed by atoms with Gasteiger partial charge in [0.05, 0.1) is 19.2 Å². The van der Waals surface area contributed by atoms with Crippen LogP contribution in [-0.4, -0.2) is 29.2 Å². The van der Waals surface area contributed by atoms with E-state index in [-0.39, 0.29) is 18.7 Å². The minimum Gasteiger partial charge on any atom is -0.392 e. The van der Waals surface area contributed by atoms with Crippen molar-refractivity contribution in [2.24, 2.45) is 0 Å². The molecule has 0 radical (unpaired) electrons. The van der Waals surface area contributed by atoms with E-state index in [1.165, 1.54) is 0 Å². The first-order valence-electron chi connectivity index (χ1n) is 6.52. The Bertz CT molecular complexity index is 581. The molecule has 1 aromatic rings.